The number of carbonyl (C=O) groups excluding carboxylic acids is 1. The maximum absolute atomic E-state index is 11.4. The van der Waals surface area contributed by atoms with Crippen molar-refractivity contribution in [1.82, 2.24) is 0 Å². The summed E-state index contributed by atoms with van der Waals surface area (Å²) in [7, 11) is 1.31. The van der Waals surface area contributed by atoms with Gasteiger partial charge in [-0.2, -0.15) is 0 Å². The summed E-state index contributed by atoms with van der Waals surface area (Å²) < 4.78 is 15.5. The minimum Gasteiger partial charge on any atom is -0.486 e. The molecule has 1 atom stereocenters. The van der Waals surface area contributed by atoms with Crippen LogP contribution in [0.15, 0.2) is 12.1 Å². The maximum atomic E-state index is 11.4. The van der Waals surface area contributed by atoms with Crippen LogP contribution in [-0.2, 0) is 9.53 Å². The van der Waals surface area contributed by atoms with Crippen molar-refractivity contribution in [1.29, 1.82) is 0 Å². The second-order valence-corrected chi connectivity index (χ2v) is 4.17. The monoisotopic (exact) mass is 256 g/mol. The van der Waals surface area contributed by atoms with Crippen LogP contribution in [0.3, 0.4) is 0 Å². The van der Waals surface area contributed by atoms with Crippen LogP contribution < -0.4 is 9.47 Å². The molecule has 1 aromatic rings. The standard InChI is InChI=1S/C12H13ClO4/c1-7-5-9-10(17-4-3-16-9)6-8(7)11(13)12(14)15-2/h5-6,11H,3-4H2,1-2H3. The lowest BCUT2D eigenvalue weighted by Gasteiger charge is -2.21. The third-order valence-corrected chi connectivity index (χ3v) is 3.03. The Morgan fingerprint density at radius 2 is 1.94 bits per heavy atom. The van der Waals surface area contributed by atoms with Gasteiger partial charge in [-0.15, -0.1) is 11.6 Å². The molecule has 0 N–H and O–H groups in total. The number of halogens is 1. The summed E-state index contributed by atoms with van der Waals surface area (Å²) >= 11 is 6.03. The summed E-state index contributed by atoms with van der Waals surface area (Å²) in [6.45, 7) is 2.90. The highest BCUT2D eigenvalue weighted by molar-refractivity contribution is 6.30. The van der Waals surface area contributed by atoms with Gasteiger partial charge in [0.05, 0.1) is 7.11 Å². The molecule has 5 heteroatoms. The van der Waals surface area contributed by atoms with Crippen molar-refractivity contribution < 1.29 is 19.0 Å². The molecule has 1 aliphatic rings. The summed E-state index contributed by atoms with van der Waals surface area (Å²) in [6.07, 6.45) is 0. The molecule has 1 aromatic carbocycles. The van der Waals surface area contributed by atoms with Crippen molar-refractivity contribution in [2.24, 2.45) is 0 Å². The number of esters is 1. The van der Waals surface area contributed by atoms with Gasteiger partial charge < -0.3 is 14.2 Å². The summed E-state index contributed by atoms with van der Waals surface area (Å²) in [4.78, 5) is 11.4. The molecule has 0 radical (unpaired) electrons. The summed E-state index contributed by atoms with van der Waals surface area (Å²) in [5.41, 5.74) is 1.56. The van der Waals surface area contributed by atoms with Gasteiger partial charge in [-0.25, -0.2) is 0 Å². The minimum absolute atomic E-state index is 0.480. The molecular formula is C12H13ClO4. The highest BCUT2D eigenvalue weighted by atomic mass is 35.5. The largest absolute Gasteiger partial charge is 0.486 e. The van der Waals surface area contributed by atoms with E-state index in [1.165, 1.54) is 7.11 Å². The van der Waals surface area contributed by atoms with Crippen LogP contribution in [0.4, 0.5) is 0 Å². The lowest BCUT2D eigenvalue weighted by Crippen LogP contribution is -2.17. The van der Waals surface area contributed by atoms with Gasteiger partial charge in [0.25, 0.3) is 0 Å². The van der Waals surface area contributed by atoms with Crippen LogP contribution in [0.1, 0.15) is 16.5 Å². The van der Waals surface area contributed by atoms with Gasteiger partial charge in [0.1, 0.15) is 13.2 Å². The Bertz CT molecular complexity index is 444. The Morgan fingerprint density at radius 3 is 2.53 bits per heavy atom. The van der Waals surface area contributed by atoms with Crippen LogP contribution in [0.2, 0.25) is 0 Å². The zero-order valence-electron chi connectivity index (χ0n) is 9.66. The highest BCUT2D eigenvalue weighted by Gasteiger charge is 2.23. The predicted molar refractivity (Wildman–Crippen MR) is 62.8 cm³/mol. The normalized spacial score (nSPS) is 15.2. The quantitative estimate of drug-likeness (QED) is 0.601. The number of alkyl halides is 1. The first-order valence-electron chi connectivity index (χ1n) is 5.25. The molecule has 0 saturated carbocycles. The lowest BCUT2D eigenvalue weighted by molar-refractivity contribution is -0.140. The second kappa shape index (κ2) is 4.84. The molecule has 2 rings (SSSR count). The van der Waals surface area contributed by atoms with Gasteiger partial charge in [-0.3, -0.25) is 4.79 Å². The number of hydrogen-bond donors (Lipinski definition) is 0. The Kier molecular flexibility index (Phi) is 3.43. The molecule has 17 heavy (non-hydrogen) atoms. The number of fused-ring (bicyclic) bond motifs is 1. The zero-order chi connectivity index (χ0) is 12.4. The molecule has 0 fully saturated rings. The lowest BCUT2D eigenvalue weighted by atomic mass is 10.0. The molecule has 1 unspecified atom stereocenters. The molecular weight excluding hydrogens is 244 g/mol. The van der Waals surface area contributed by atoms with E-state index in [0.717, 1.165) is 5.56 Å². The smallest absolute Gasteiger partial charge is 0.328 e. The molecule has 4 nitrogen and oxygen atoms in total. The SMILES string of the molecule is COC(=O)C(Cl)c1cc2c(cc1C)OCCO2. The molecule has 0 aromatic heterocycles. The molecule has 92 valence electrons. The minimum atomic E-state index is -0.823. The van der Waals surface area contributed by atoms with Crippen molar-refractivity contribution in [3.05, 3.63) is 23.3 Å². The predicted octanol–water partition coefficient (Wildman–Crippen LogP) is 2.22. The molecule has 0 saturated heterocycles. The fourth-order valence-electron chi connectivity index (χ4n) is 1.71. The van der Waals surface area contributed by atoms with E-state index in [-0.39, 0.29) is 0 Å². The van der Waals surface area contributed by atoms with Crippen molar-refractivity contribution >= 4 is 17.6 Å². The van der Waals surface area contributed by atoms with Gasteiger partial charge in [0, 0.05) is 0 Å². The third kappa shape index (κ3) is 2.31. The summed E-state index contributed by atoms with van der Waals surface area (Å²) in [5, 5.41) is -0.823. The van der Waals surface area contributed by atoms with E-state index in [2.05, 4.69) is 4.74 Å². The molecule has 0 bridgehead atoms. The number of ether oxygens (including phenoxy) is 3. The van der Waals surface area contributed by atoms with Gasteiger partial charge in [0.2, 0.25) is 0 Å². The Hall–Kier alpha value is -1.42. The highest BCUT2D eigenvalue weighted by Crippen LogP contribution is 2.37. The third-order valence-electron chi connectivity index (χ3n) is 2.61. The van der Waals surface area contributed by atoms with Crippen LogP contribution >= 0.6 is 11.6 Å². The molecule has 1 aliphatic heterocycles. The van der Waals surface area contributed by atoms with Gasteiger partial charge >= 0.3 is 5.97 Å². The van der Waals surface area contributed by atoms with E-state index in [1.54, 1.807) is 6.07 Å². The van der Waals surface area contributed by atoms with Crippen molar-refractivity contribution in [3.8, 4) is 11.5 Å². The molecule has 0 spiro atoms. The molecule has 1 heterocycles. The molecule has 0 amide bonds. The number of aryl methyl sites for hydroxylation is 1. The number of benzene rings is 1. The Morgan fingerprint density at radius 1 is 1.35 bits per heavy atom. The summed E-state index contributed by atoms with van der Waals surface area (Å²) in [5.74, 6) is 0.823. The van der Waals surface area contributed by atoms with E-state index < -0.39 is 11.3 Å². The number of methoxy groups -OCH3 is 1. The summed E-state index contributed by atoms with van der Waals surface area (Å²) in [6, 6.07) is 3.56. The van der Waals surface area contributed by atoms with Crippen LogP contribution in [0.25, 0.3) is 0 Å². The first kappa shape index (κ1) is 12.0. The van der Waals surface area contributed by atoms with Crippen molar-refractivity contribution in [3.63, 3.8) is 0 Å². The van der Waals surface area contributed by atoms with E-state index in [1.807, 2.05) is 13.0 Å². The number of carbonyl (C=O) groups is 1. The van der Waals surface area contributed by atoms with Gasteiger partial charge in [-0.1, -0.05) is 0 Å². The number of hydrogen-bond acceptors (Lipinski definition) is 4. The van der Waals surface area contributed by atoms with E-state index in [0.29, 0.717) is 30.3 Å². The first-order chi connectivity index (χ1) is 8.13. The topological polar surface area (TPSA) is 44.8 Å². The van der Waals surface area contributed by atoms with E-state index >= 15 is 0 Å². The van der Waals surface area contributed by atoms with E-state index in [9.17, 15) is 4.79 Å². The number of rotatable bonds is 2. The van der Waals surface area contributed by atoms with Crippen molar-refractivity contribution in [2.75, 3.05) is 20.3 Å². The van der Waals surface area contributed by atoms with Crippen molar-refractivity contribution in [2.45, 2.75) is 12.3 Å². The Labute approximate surface area is 104 Å². The van der Waals surface area contributed by atoms with Crippen LogP contribution in [0, 0.1) is 6.92 Å². The van der Waals surface area contributed by atoms with Crippen LogP contribution in [0.5, 0.6) is 11.5 Å². The second-order valence-electron chi connectivity index (χ2n) is 3.74. The van der Waals surface area contributed by atoms with Crippen LogP contribution in [-0.4, -0.2) is 26.3 Å². The van der Waals surface area contributed by atoms with Gasteiger partial charge in [-0.05, 0) is 30.2 Å². The Balaban J connectivity index is 2.37. The average Bonchev–Trinajstić information content (AvgIpc) is 2.36. The van der Waals surface area contributed by atoms with E-state index in [4.69, 9.17) is 21.1 Å². The average molecular weight is 257 g/mol. The fraction of sp³-hybridized carbons (Fsp3) is 0.417. The first-order valence-corrected chi connectivity index (χ1v) is 5.69. The fourth-order valence-corrected chi connectivity index (χ4v) is 2.03. The van der Waals surface area contributed by atoms with Gasteiger partial charge in [0.15, 0.2) is 16.9 Å². The maximum Gasteiger partial charge on any atom is 0.328 e. The zero-order valence-corrected chi connectivity index (χ0v) is 10.4. The molecule has 0 aliphatic carbocycles.